The molecule has 0 saturated carbocycles. The van der Waals surface area contributed by atoms with E-state index in [9.17, 15) is 4.21 Å². The Morgan fingerprint density at radius 1 is 1.44 bits per heavy atom. The molecule has 0 saturated heterocycles. The maximum absolute atomic E-state index is 12.2. The van der Waals surface area contributed by atoms with Crippen molar-refractivity contribution in [2.75, 3.05) is 0 Å². The molecule has 0 spiro atoms. The fourth-order valence-corrected chi connectivity index (χ4v) is 2.65. The van der Waals surface area contributed by atoms with Crippen LogP contribution < -0.4 is 0 Å². The van der Waals surface area contributed by atoms with Crippen molar-refractivity contribution in [2.24, 2.45) is 0 Å². The molecule has 0 N–H and O–H groups in total. The van der Waals surface area contributed by atoms with Crippen molar-refractivity contribution in [3.8, 4) is 0 Å². The second-order valence-corrected chi connectivity index (χ2v) is 5.15. The summed E-state index contributed by atoms with van der Waals surface area (Å²) in [5.74, 6) is 0.689. The van der Waals surface area contributed by atoms with Crippen LogP contribution in [0.15, 0.2) is 40.2 Å². The smallest absolute Gasteiger partial charge is 0.116 e. The highest BCUT2D eigenvalue weighted by Crippen LogP contribution is 2.25. The summed E-state index contributed by atoms with van der Waals surface area (Å²) in [5, 5.41) is -0.190. The van der Waals surface area contributed by atoms with Gasteiger partial charge < -0.3 is 4.42 Å². The molecule has 5 heteroatoms. The molecule has 0 unspecified atom stereocenters. The van der Waals surface area contributed by atoms with E-state index >= 15 is 0 Å². The third-order valence-corrected chi connectivity index (χ3v) is 4.09. The van der Waals surface area contributed by atoms with Crippen LogP contribution in [0.25, 0.3) is 0 Å². The van der Waals surface area contributed by atoms with E-state index in [0.717, 1.165) is 10.6 Å². The van der Waals surface area contributed by atoms with Gasteiger partial charge in [0.25, 0.3) is 0 Å². The molecular formula is C11H12N2O2S. The summed E-state index contributed by atoms with van der Waals surface area (Å²) >= 11 is 0. The number of nitrogens with zero attached hydrogens (tertiary/aromatic N) is 2. The molecule has 2 aromatic heterocycles. The lowest BCUT2D eigenvalue weighted by atomic mass is 10.3. The van der Waals surface area contributed by atoms with Gasteiger partial charge in [-0.3, -0.25) is 14.2 Å². The summed E-state index contributed by atoms with van der Waals surface area (Å²) in [4.78, 5) is 8.85. The largest absolute Gasteiger partial charge is 0.468 e. The zero-order valence-electron chi connectivity index (χ0n) is 9.08. The highest BCUT2D eigenvalue weighted by Gasteiger charge is 2.19. The van der Waals surface area contributed by atoms with E-state index in [1.54, 1.807) is 37.8 Å². The predicted octanol–water partition coefficient (Wildman–Crippen LogP) is 2.25. The zero-order chi connectivity index (χ0) is 11.5. The first-order valence-corrected chi connectivity index (χ1v) is 6.12. The van der Waals surface area contributed by atoms with Crippen LogP contribution in [0.2, 0.25) is 0 Å². The fraction of sp³-hybridized carbons (Fsp3) is 0.273. The molecule has 16 heavy (non-hydrogen) atoms. The summed E-state index contributed by atoms with van der Waals surface area (Å²) < 4.78 is 17.4. The maximum atomic E-state index is 12.2. The summed E-state index contributed by atoms with van der Waals surface area (Å²) in [5.41, 5.74) is 0.724. The van der Waals surface area contributed by atoms with Crippen LogP contribution in [0.1, 0.15) is 23.6 Å². The van der Waals surface area contributed by atoms with E-state index in [-0.39, 0.29) is 5.25 Å². The topological polar surface area (TPSA) is 56.0 Å². The first-order chi connectivity index (χ1) is 7.70. The van der Waals surface area contributed by atoms with E-state index in [1.807, 2.05) is 6.92 Å². The Hall–Kier alpha value is -1.49. The van der Waals surface area contributed by atoms with Gasteiger partial charge in [-0.05, 0) is 19.9 Å². The molecule has 0 aliphatic rings. The Labute approximate surface area is 96.2 Å². The van der Waals surface area contributed by atoms with Gasteiger partial charge in [0.2, 0.25) is 0 Å². The molecule has 0 bridgehead atoms. The molecule has 0 aromatic carbocycles. The number of hydrogen-bond acceptors (Lipinski definition) is 4. The number of rotatable bonds is 3. The van der Waals surface area contributed by atoms with Crippen molar-refractivity contribution >= 4 is 10.8 Å². The van der Waals surface area contributed by atoms with Crippen LogP contribution in [0.4, 0.5) is 0 Å². The van der Waals surface area contributed by atoms with Crippen molar-refractivity contribution in [1.82, 2.24) is 9.97 Å². The SMILES string of the molecule is Cc1occc1[S@@](=O)[C@@H](C)c1cnccn1. The van der Waals surface area contributed by atoms with Crippen molar-refractivity contribution < 1.29 is 8.63 Å². The second kappa shape index (κ2) is 4.57. The number of hydrogen-bond donors (Lipinski definition) is 0. The molecule has 2 atom stereocenters. The highest BCUT2D eigenvalue weighted by molar-refractivity contribution is 7.85. The minimum Gasteiger partial charge on any atom is -0.468 e. The Morgan fingerprint density at radius 2 is 2.25 bits per heavy atom. The Bertz CT molecular complexity index is 496. The monoisotopic (exact) mass is 236 g/mol. The van der Waals surface area contributed by atoms with Gasteiger partial charge in [-0.1, -0.05) is 0 Å². The molecular weight excluding hydrogens is 224 g/mol. The third-order valence-electron chi connectivity index (χ3n) is 2.35. The highest BCUT2D eigenvalue weighted by atomic mass is 32.2. The van der Waals surface area contributed by atoms with Gasteiger partial charge in [-0.25, -0.2) is 0 Å². The minimum atomic E-state index is -1.16. The predicted molar refractivity (Wildman–Crippen MR) is 60.3 cm³/mol. The number of furan rings is 1. The summed E-state index contributed by atoms with van der Waals surface area (Å²) in [6.07, 6.45) is 6.39. The molecule has 2 rings (SSSR count). The van der Waals surface area contributed by atoms with E-state index in [4.69, 9.17) is 4.42 Å². The van der Waals surface area contributed by atoms with Crippen LogP contribution in [-0.2, 0) is 10.8 Å². The van der Waals surface area contributed by atoms with Crippen molar-refractivity contribution in [3.63, 3.8) is 0 Å². The third kappa shape index (κ3) is 2.04. The first-order valence-electron chi connectivity index (χ1n) is 4.90. The molecule has 2 heterocycles. The summed E-state index contributed by atoms with van der Waals surface area (Å²) in [6.45, 7) is 3.67. The number of aryl methyl sites for hydroxylation is 1. The number of aromatic nitrogens is 2. The maximum Gasteiger partial charge on any atom is 0.116 e. The molecule has 2 aromatic rings. The van der Waals surface area contributed by atoms with Crippen molar-refractivity contribution in [1.29, 1.82) is 0 Å². The molecule has 84 valence electrons. The molecule has 0 amide bonds. The average molecular weight is 236 g/mol. The van der Waals surface area contributed by atoms with Gasteiger partial charge in [0.1, 0.15) is 5.76 Å². The Kier molecular flexibility index (Phi) is 3.14. The molecule has 0 radical (unpaired) electrons. The zero-order valence-corrected chi connectivity index (χ0v) is 9.90. The van der Waals surface area contributed by atoms with E-state index in [2.05, 4.69) is 9.97 Å². The minimum absolute atomic E-state index is 0.190. The first kappa shape index (κ1) is 11.0. The molecule has 0 fully saturated rings. The normalized spacial score (nSPS) is 14.6. The Morgan fingerprint density at radius 3 is 2.81 bits per heavy atom. The summed E-state index contributed by atoms with van der Waals surface area (Å²) in [7, 11) is -1.16. The van der Waals surface area contributed by atoms with E-state index < -0.39 is 10.8 Å². The van der Waals surface area contributed by atoms with Gasteiger partial charge >= 0.3 is 0 Å². The van der Waals surface area contributed by atoms with Crippen molar-refractivity contribution in [2.45, 2.75) is 24.0 Å². The quantitative estimate of drug-likeness (QED) is 0.820. The Balaban J connectivity index is 2.27. The van der Waals surface area contributed by atoms with Gasteiger partial charge in [0.15, 0.2) is 0 Å². The van der Waals surface area contributed by atoms with Crippen LogP contribution >= 0.6 is 0 Å². The van der Waals surface area contributed by atoms with Gasteiger partial charge in [-0.15, -0.1) is 0 Å². The lowest BCUT2D eigenvalue weighted by Crippen LogP contribution is -2.05. The molecule has 0 aliphatic carbocycles. The standard InChI is InChI=1S/C11H12N2O2S/c1-8-11(3-6-15-8)16(14)9(2)10-7-12-4-5-13-10/h3-7,9H,1-2H3/t9-,16-/m0/s1. The lowest BCUT2D eigenvalue weighted by molar-refractivity contribution is 0.525. The summed E-state index contributed by atoms with van der Waals surface area (Å²) in [6, 6.07) is 1.73. The van der Waals surface area contributed by atoms with Crippen LogP contribution in [0.5, 0.6) is 0 Å². The van der Waals surface area contributed by atoms with Crippen LogP contribution in [-0.4, -0.2) is 14.2 Å². The van der Waals surface area contributed by atoms with E-state index in [0.29, 0.717) is 5.76 Å². The fourth-order valence-electron chi connectivity index (χ4n) is 1.40. The van der Waals surface area contributed by atoms with Crippen molar-refractivity contribution in [3.05, 3.63) is 42.4 Å². The van der Waals surface area contributed by atoms with Crippen LogP contribution in [0, 0.1) is 6.92 Å². The van der Waals surface area contributed by atoms with E-state index in [1.165, 1.54) is 0 Å². The average Bonchev–Trinajstić information content (AvgIpc) is 2.75. The van der Waals surface area contributed by atoms with Crippen LogP contribution in [0.3, 0.4) is 0 Å². The van der Waals surface area contributed by atoms with Gasteiger partial charge in [0, 0.05) is 18.6 Å². The molecule has 0 aliphatic heterocycles. The molecule has 4 nitrogen and oxygen atoms in total. The van der Waals surface area contributed by atoms with Gasteiger partial charge in [0.05, 0.1) is 32.9 Å². The second-order valence-electron chi connectivity index (χ2n) is 3.41. The lowest BCUT2D eigenvalue weighted by Gasteiger charge is -2.09. The van der Waals surface area contributed by atoms with Gasteiger partial charge in [-0.2, -0.15) is 0 Å².